The van der Waals surface area contributed by atoms with Crippen LogP contribution in [0.5, 0.6) is 0 Å². The molecule has 0 aliphatic rings. The van der Waals surface area contributed by atoms with Gasteiger partial charge in [-0.15, -0.1) is 0 Å². The molecule has 0 heterocycles. The van der Waals surface area contributed by atoms with Gasteiger partial charge in [-0.3, -0.25) is 0 Å². The van der Waals surface area contributed by atoms with Crippen LogP contribution >= 0.6 is 10.4 Å². The Morgan fingerprint density at radius 1 is 0.345 bits per heavy atom. The number of hydrogen-bond acceptors (Lipinski definition) is 1. The van der Waals surface area contributed by atoms with Crippen molar-refractivity contribution in [1.29, 1.82) is 0 Å². The van der Waals surface area contributed by atoms with E-state index in [1.165, 1.54) is 150 Å². The van der Waals surface area contributed by atoms with Crippen LogP contribution in [0.4, 0.5) is 0 Å². The first-order chi connectivity index (χ1) is 14.2. The summed E-state index contributed by atoms with van der Waals surface area (Å²) in [7, 11) is 6.43. The summed E-state index contributed by atoms with van der Waals surface area (Å²) in [4.78, 5) is 0. The summed E-state index contributed by atoms with van der Waals surface area (Å²) in [6.45, 7) is 6.93. The van der Waals surface area contributed by atoms with Crippen LogP contribution in [0.3, 0.4) is 0 Å². The average molecular weight is 489 g/mol. The Balaban J connectivity index is 4.05. The van der Waals surface area contributed by atoms with Crippen molar-refractivity contribution in [3.8, 4) is 0 Å². The summed E-state index contributed by atoms with van der Waals surface area (Å²) in [5.41, 5.74) is 0. The zero-order chi connectivity index (χ0) is 21.5. The Hall–Kier alpha value is 0.778. The number of unbranched alkanes of at least 4 members (excludes halogenated alkanes) is 18. The van der Waals surface area contributed by atoms with Gasteiger partial charge in [0.05, 0.1) is 0 Å². The topological polar surface area (TPSA) is 0 Å². The molecule has 0 nitrogen and oxygen atoms in total. The van der Waals surface area contributed by atoms with E-state index in [2.05, 4.69) is 20.8 Å². The summed E-state index contributed by atoms with van der Waals surface area (Å²) in [6.07, 6.45) is 30.2. The molecule has 176 valence electrons. The quantitative estimate of drug-likeness (QED) is 0.0961. The molecule has 0 aliphatic heterocycles. The molecule has 0 bridgehead atoms. The van der Waals surface area contributed by atoms with Gasteiger partial charge in [0.25, 0.3) is 0 Å². The molecule has 0 saturated heterocycles. The molecule has 2 heteroatoms. The number of hydrogen-bond donors (Lipinski definition) is 0. The molecule has 0 unspecified atom stereocenters. The molecule has 0 atom stereocenters. The van der Waals surface area contributed by atoms with Crippen LogP contribution < -0.4 is 0 Å². The van der Waals surface area contributed by atoms with Crippen molar-refractivity contribution in [2.24, 2.45) is 0 Å². The molecule has 0 aromatic heterocycles. The van der Waals surface area contributed by atoms with Crippen molar-refractivity contribution in [2.75, 3.05) is 0 Å². The number of rotatable bonds is 24. The first-order valence-corrected chi connectivity index (χ1v) is 20.4. The van der Waals surface area contributed by atoms with Crippen LogP contribution in [-0.2, 0) is 0 Å². The van der Waals surface area contributed by atoms with Gasteiger partial charge in [0, 0.05) is 0 Å². The normalized spacial score (nSPS) is 12.0. The fourth-order valence-electron chi connectivity index (χ4n) is 4.41. The van der Waals surface area contributed by atoms with Gasteiger partial charge in [-0.25, -0.2) is 0 Å². The van der Waals surface area contributed by atoms with Crippen molar-refractivity contribution >= 4 is 22.3 Å². The van der Waals surface area contributed by atoms with E-state index in [0.29, 0.717) is 0 Å². The monoisotopic (exact) mass is 488 g/mol. The van der Waals surface area contributed by atoms with Crippen LogP contribution in [0.15, 0.2) is 0 Å². The van der Waals surface area contributed by atoms with Crippen molar-refractivity contribution in [2.45, 2.75) is 171 Å². The van der Waals surface area contributed by atoms with E-state index in [1.807, 2.05) is 0 Å². The maximum atomic E-state index is 6.43. The summed E-state index contributed by atoms with van der Waals surface area (Å²) < 4.78 is 0. The summed E-state index contributed by atoms with van der Waals surface area (Å²) in [6, 6.07) is 0. The van der Waals surface area contributed by atoms with Gasteiger partial charge in [-0.2, -0.15) is 0 Å². The zero-order valence-electron chi connectivity index (χ0n) is 20.8. The summed E-state index contributed by atoms with van der Waals surface area (Å²) in [5.74, 6) is 0. The van der Waals surface area contributed by atoms with Crippen molar-refractivity contribution < 1.29 is 0 Å². The summed E-state index contributed by atoms with van der Waals surface area (Å²) >= 11 is -1.77. The second-order valence-electron chi connectivity index (χ2n) is 9.59. The Kier molecular flexibility index (Phi) is 24.1. The standard InChI is InChI=1S/C27H57AsS/c1-4-7-10-13-16-19-22-25-28(29,26-23-20-17-14-11-8-5-2)27-24-21-18-15-12-9-6-3/h4-27H2,1-3H3. The Morgan fingerprint density at radius 3 is 0.793 bits per heavy atom. The van der Waals surface area contributed by atoms with E-state index < -0.39 is 11.9 Å². The molecular weight excluding hydrogens is 431 g/mol. The molecule has 29 heavy (non-hydrogen) atoms. The van der Waals surface area contributed by atoms with Gasteiger partial charge in [-0.1, -0.05) is 0 Å². The van der Waals surface area contributed by atoms with Crippen LogP contribution in [0.1, 0.15) is 156 Å². The minimum atomic E-state index is -1.77. The Bertz CT molecular complexity index is 300. The fraction of sp³-hybridized carbons (Fsp3) is 1.00. The maximum absolute atomic E-state index is 6.43. The third kappa shape index (κ3) is 21.8. The molecule has 0 saturated carbocycles. The minimum absolute atomic E-state index is 1.36. The fourth-order valence-corrected chi connectivity index (χ4v) is 12.9. The van der Waals surface area contributed by atoms with Crippen LogP contribution in [-0.4, -0.2) is 11.9 Å². The van der Waals surface area contributed by atoms with Gasteiger partial charge in [0.1, 0.15) is 0 Å². The van der Waals surface area contributed by atoms with Crippen LogP contribution in [0, 0.1) is 0 Å². The molecule has 0 amide bonds. The molecule has 0 N–H and O–H groups in total. The predicted molar refractivity (Wildman–Crippen MR) is 142 cm³/mol. The molecular formula is C27H57AsS. The van der Waals surface area contributed by atoms with E-state index in [9.17, 15) is 0 Å². The molecule has 0 radical (unpaired) electrons. The zero-order valence-corrected chi connectivity index (χ0v) is 23.5. The van der Waals surface area contributed by atoms with E-state index in [-0.39, 0.29) is 0 Å². The molecule has 0 spiro atoms. The second-order valence-corrected chi connectivity index (χ2v) is 20.9. The van der Waals surface area contributed by atoms with Crippen molar-refractivity contribution in [3.63, 3.8) is 0 Å². The molecule has 0 aromatic carbocycles. The van der Waals surface area contributed by atoms with Gasteiger partial charge in [-0.05, 0) is 0 Å². The average Bonchev–Trinajstić information content (AvgIpc) is 2.72. The van der Waals surface area contributed by atoms with Crippen LogP contribution in [0.25, 0.3) is 0 Å². The second kappa shape index (κ2) is 23.4. The van der Waals surface area contributed by atoms with Gasteiger partial charge in [0.2, 0.25) is 0 Å². The summed E-state index contributed by atoms with van der Waals surface area (Å²) in [5, 5.41) is 4.44. The van der Waals surface area contributed by atoms with Gasteiger partial charge >= 0.3 is 194 Å². The SMILES string of the molecule is CCCCCCCCC[As](=S)(CCCCCCCCC)CCCCCCCCC. The van der Waals surface area contributed by atoms with Crippen LogP contribution in [0.2, 0.25) is 15.6 Å². The predicted octanol–water partition coefficient (Wildman–Crippen LogP) is 11.4. The van der Waals surface area contributed by atoms with Crippen molar-refractivity contribution in [3.05, 3.63) is 0 Å². The van der Waals surface area contributed by atoms with Gasteiger partial charge < -0.3 is 0 Å². The third-order valence-electron chi connectivity index (χ3n) is 6.51. The van der Waals surface area contributed by atoms with Gasteiger partial charge in [0.15, 0.2) is 0 Å². The first-order valence-electron chi connectivity index (χ1n) is 13.8. The Morgan fingerprint density at radius 2 is 0.552 bits per heavy atom. The molecule has 0 aromatic rings. The third-order valence-corrected chi connectivity index (χ3v) is 16.5. The molecule has 0 aliphatic carbocycles. The van der Waals surface area contributed by atoms with E-state index in [0.717, 1.165) is 0 Å². The first kappa shape index (κ1) is 29.8. The molecule has 0 fully saturated rings. The van der Waals surface area contributed by atoms with E-state index in [1.54, 1.807) is 0 Å². The van der Waals surface area contributed by atoms with E-state index in [4.69, 9.17) is 10.4 Å². The van der Waals surface area contributed by atoms with E-state index >= 15 is 0 Å². The Labute approximate surface area is 193 Å². The van der Waals surface area contributed by atoms with Crippen molar-refractivity contribution in [1.82, 2.24) is 0 Å². The molecule has 0 rings (SSSR count).